The van der Waals surface area contributed by atoms with Gasteiger partial charge in [-0.3, -0.25) is 14.5 Å². The van der Waals surface area contributed by atoms with Gasteiger partial charge in [0.25, 0.3) is 0 Å². The Balaban J connectivity index is 1.85. The summed E-state index contributed by atoms with van der Waals surface area (Å²) >= 11 is 2.83. The number of amides is 1. The van der Waals surface area contributed by atoms with E-state index in [1.54, 1.807) is 9.91 Å². The molecule has 1 amide bonds. The summed E-state index contributed by atoms with van der Waals surface area (Å²) in [7, 11) is 0. The van der Waals surface area contributed by atoms with Crippen LogP contribution in [0.15, 0.2) is 59.7 Å². The molecule has 2 aliphatic heterocycles. The molecule has 26 heavy (non-hydrogen) atoms. The molecule has 7 heteroatoms. The van der Waals surface area contributed by atoms with Crippen molar-refractivity contribution in [1.82, 2.24) is 0 Å². The average molecular weight is 383 g/mol. The van der Waals surface area contributed by atoms with Crippen LogP contribution in [-0.4, -0.2) is 26.8 Å². The average Bonchev–Trinajstić information content (AvgIpc) is 3.18. The lowest BCUT2D eigenvalue weighted by Gasteiger charge is -2.39. The Hall–Kier alpha value is -2.25. The van der Waals surface area contributed by atoms with E-state index in [4.69, 9.17) is 0 Å². The molecule has 0 bridgehead atoms. The number of Topliss-reactive ketones (excluding diaryl/α,β-unsaturated/α-hetero) is 1. The van der Waals surface area contributed by atoms with Gasteiger partial charge in [-0.05, 0) is 43.0 Å². The third-order valence-electron chi connectivity index (χ3n) is 4.20. The summed E-state index contributed by atoms with van der Waals surface area (Å²) in [6, 6.07) is 17.5. The van der Waals surface area contributed by atoms with Gasteiger partial charge in [-0.15, -0.1) is 0 Å². The molecule has 2 heterocycles. The predicted molar refractivity (Wildman–Crippen MR) is 108 cm³/mol. The van der Waals surface area contributed by atoms with Crippen LogP contribution in [0, 0.1) is 6.92 Å². The van der Waals surface area contributed by atoms with Crippen molar-refractivity contribution in [3.05, 3.63) is 60.2 Å². The lowest BCUT2D eigenvalue weighted by Crippen LogP contribution is -2.51. The molecular formula is C19H17N3O2S2. The number of nitrogens with zero attached hydrogens (tertiary/aromatic N) is 3. The predicted octanol–water partition coefficient (Wildman–Crippen LogP) is 3.84. The Morgan fingerprint density at radius 1 is 1.08 bits per heavy atom. The molecule has 2 aromatic carbocycles. The van der Waals surface area contributed by atoms with Crippen LogP contribution in [0.4, 0.5) is 11.4 Å². The molecule has 0 N–H and O–H groups in total. The number of anilines is 2. The van der Waals surface area contributed by atoms with Crippen LogP contribution < -0.4 is 9.91 Å². The monoisotopic (exact) mass is 383 g/mol. The summed E-state index contributed by atoms with van der Waals surface area (Å²) in [4.78, 5) is 26.6. The Labute approximate surface area is 160 Å². The van der Waals surface area contributed by atoms with E-state index in [1.807, 2.05) is 61.5 Å². The molecular weight excluding hydrogens is 366 g/mol. The minimum atomic E-state index is -0.825. The van der Waals surface area contributed by atoms with Crippen molar-refractivity contribution in [2.45, 2.75) is 18.2 Å². The first-order valence-corrected chi connectivity index (χ1v) is 9.99. The van der Waals surface area contributed by atoms with Crippen LogP contribution in [0.25, 0.3) is 0 Å². The smallest absolute Gasteiger partial charge is 0.243 e. The molecule has 1 spiro atoms. The summed E-state index contributed by atoms with van der Waals surface area (Å²) in [5.74, 6) is 0.244. The van der Waals surface area contributed by atoms with E-state index < -0.39 is 4.33 Å². The fourth-order valence-corrected chi connectivity index (χ4v) is 5.69. The van der Waals surface area contributed by atoms with Crippen LogP contribution in [0.2, 0.25) is 0 Å². The van der Waals surface area contributed by atoms with Crippen molar-refractivity contribution >= 4 is 51.6 Å². The first-order chi connectivity index (χ1) is 12.5. The van der Waals surface area contributed by atoms with Gasteiger partial charge in [0.05, 0.1) is 11.4 Å². The highest BCUT2D eigenvalue weighted by atomic mass is 32.2. The van der Waals surface area contributed by atoms with Crippen molar-refractivity contribution in [3.63, 3.8) is 0 Å². The molecule has 2 aliphatic rings. The number of carbonyl (C=O) groups excluding carboxylic acids is 2. The van der Waals surface area contributed by atoms with Crippen molar-refractivity contribution < 1.29 is 9.59 Å². The van der Waals surface area contributed by atoms with Crippen LogP contribution in [0.1, 0.15) is 12.5 Å². The zero-order valence-electron chi connectivity index (χ0n) is 14.4. The number of thioether (sulfide) groups is 2. The Morgan fingerprint density at radius 2 is 1.77 bits per heavy atom. The quantitative estimate of drug-likeness (QED) is 0.806. The highest BCUT2D eigenvalue weighted by molar-refractivity contribution is 8.28. The topological polar surface area (TPSA) is 53.0 Å². The molecule has 1 saturated heterocycles. The minimum Gasteiger partial charge on any atom is -0.292 e. The van der Waals surface area contributed by atoms with Crippen LogP contribution in [-0.2, 0) is 9.59 Å². The maximum atomic E-state index is 12.8. The van der Waals surface area contributed by atoms with Crippen LogP contribution >= 0.6 is 23.5 Å². The Morgan fingerprint density at radius 3 is 2.42 bits per heavy atom. The van der Waals surface area contributed by atoms with Gasteiger partial charge in [-0.1, -0.05) is 47.7 Å². The number of rotatable bonds is 3. The molecule has 4 rings (SSSR count). The van der Waals surface area contributed by atoms with Crippen molar-refractivity contribution in [2.24, 2.45) is 5.10 Å². The number of aryl methyl sites for hydroxylation is 1. The number of hydrogen-bond acceptors (Lipinski definition) is 6. The highest BCUT2D eigenvalue weighted by Gasteiger charge is 2.57. The van der Waals surface area contributed by atoms with Gasteiger partial charge in [0, 0.05) is 12.6 Å². The molecule has 2 aromatic rings. The summed E-state index contributed by atoms with van der Waals surface area (Å²) < 4.78 is -0.825. The van der Waals surface area contributed by atoms with Gasteiger partial charge in [-0.25, -0.2) is 5.01 Å². The number of hydrogen-bond donors (Lipinski definition) is 0. The summed E-state index contributed by atoms with van der Waals surface area (Å²) in [5, 5.41) is 6.79. The third kappa shape index (κ3) is 2.71. The molecule has 132 valence electrons. The maximum absolute atomic E-state index is 12.8. The standard InChI is InChI=1S/C19H17N3O2S2/c1-13-8-10-16(11-9-13)22-19(26-18(20-22)14(2)23)21(17(24)12-25-19)15-6-4-3-5-7-15/h3-11H,12H2,1-2H3/t19-/m0/s1. The normalized spacial score (nSPS) is 22.2. The molecule has 5 nitrogen and oxygen atoms in total. The van der Waals surface area contributed by atoms with E-state index in [-0.39, 0.29) is 11.7 Å². The minimum absolute atomic E-state index is 0.00538. The van der Waals surface area contributed by atoms with Crippen LogP contribution in [0.3, 0.4) is 0 Å². The third-order valence-corrected chi connectivity index (χ3v) is 7.11. The van der Waals surface area contributed by atoms with E-state index in [9.17, 15) is 9.59 Å². The summed E-state index contributed by atoms with van der Waals surface area (Å²) in [6.07, 6.45) is 0. The number of ketones is 1. The number of hydrazone groups is 1. The van der Waals surface area contributed by atoms with Gasteiger partial charge in [0.1, 0.15) is 0 Å². The van der Waals surface area contributed by atoms with Gasteiger partial charge in [0.15, 0.2) is 10.8 Å². The first-order valence-electron chi connectivity index (χ1n) is 8.19. The zero-order valence-corrected chi connectivity index (χ0v) is 16.0. The number of carbonyl (C=O) groups is 2. The van der Waals surface area contributed by atoms with Crippen molar-refractivity contribution in [2.75, 3.05) is 15.7 Å². The van der Waals surface area contributed by atoms with E-state index in [2.05, 4.69) is 5.10 Å². The van der Waals surface area contributed by atoms with Gasteiger partial charge in [-0.2, -0.15) is 5.10 Å². The second-order valence-corrected chi connectivity index (χ2v) is 8.68. The van der Waals surface area contributed by atoms with Crippen molar-refractivity contribution in [3.8, 4) is 0 Å². The van der Waals surface area contributed by atoms with Crippen molar-refractivity contribution in [1.29, 1.82) is 0 Å². The van der Waals surface area contributed by atoms with E-state index in [0.717, 1.165) is 16.9 Å². The van der Waals surface area contributed by atoms with E-state index in [0.29, 0.717) is 10.8 Å². The van der Waals surface area contributed by atoms with E-state index >= 15 is 0 Å². The number of para-hydroxylation sites is 1. The Bertz CT molecular complexity index is 899. The largest absolute Gasteiger partial charge is 0.292 e. The highest BCUT2D eigenvalue weighted by Crippen LogP contribution is 2.55. The first kappa shape index (κ1) is 17.2. The molecule has 0 aromatic heterocycles. The summed E-state index contributed by atoms with van der Waals surface area (Å²) in [6.45, 7) is 3.53. The maximum Gasteiger partial charge on any atom is 0.243 e. The lowest BCUT2D eigenvalue weighted by atomic mass is 10.2. The van der Waals surface area contributed by atoms with Crippen LogP contribution in [0.5, 0.6) is 0 Å². The SMILES string of the molecule is CC(=O)C1=NN(c2ccc(C)cc2)[C@@]2(SCC(=O)N2c2ccccc2)S1. The molecule has 0 saturated carbocycles. The molecule has 0 aliphatic carbocycles. The second kappa shape index (κ2) is 6.48. The second-order valence-electron chi connectivity index (χ2n) is 6.11. The van der Waals surface area contributed by atoms with E-state index in [1.165, 1.54) is 30.4 Å². The van der Waals surface area contributed by atoms with Gasteiger partial charge in [0.2, 0.25) is 10.2 Å². The molecule has 0 radical (unpaired) electrons. The lowest BCUT2D eigenvalue weighted by molar-refractivity contribution is -0.116. The Kier molecular flexibility index (Phi) is 4.28. The molecule has 1 atom stereocenters. The molecule has 1 fully saturated rings. The zero-order chi connectivity index (χ0) is 18.3. The van der Waals surface area contributed by atoms with Gasteiger partial charge >= 0.3 is 0 Å². The fraction of sp³-hybridized carbons (Fsp3) is 0.211. The number of benzene rings is 2. The van der Waals surface area contributed by atoms with Gasteiger partial charge < -0.3 is 0 Å². The summed E-state index contributed by atoms with van der Waals surface area (Å²) in [5.41, 5.74) is 2.79. The molecule has 0 unspecified atom stereocenters. The fourth-order valence-electron chi connectivity index (χ4n) is 2.95.